The average Bonchev–Trinajstić information content (AvgIpc) is 3.21. The molecule has 3 aliphatic rings. The zero-order valence-electron chi connectivity index (χ0n) is 22.9. The van der Waals surface area contributed by atoms with Crippen molar-refractivity contribution in [3.05, 3.63) is 64.2 Å². The van der Waals surface area contributed by atoms with Gasteiger partial charge in [0.15, 0.2) is 0 Å². The highest BCUT2D eigenvalue weighted by atomic mass is 35.5. The first-order valence-corrected chi connectivity index (χ1v) is 14.5. The number of carbonyl (C=O) groups excluding carboxylic acids is 5. The molecule has 41 heavy (non-hydrogen) atoms. The molecular formula is C30H34ClN5O5. The fourth-order valence-corrected chi connectivity index (χ4v) is 5.77. The van der Waals surface area contributed by atoms with Crippen LogP contribution in [0.2, 0.25) is 5.02 Å². The number of nitrogens with zero attached hydrogens (tertiary/aromatic N) is 3. The molecule has 10 nitrogen and oxygen atoms in total. The Morgan fingerprint density at radius 3 is 2.37 bits per heavy atom. The summed E-state index contributed by atoms with van der Waals surface area (Å²) in [5, 5.41) is 5.73. The first kappa shape index (κ1) is 28.9. The van der Waals surface area contributed by atoms with Crippen LogP contribution in [0, 0.1) is 0 Å². The molecular weight excluding hydrogens is 546 g/mol. The highest BCUT2D eigenvalue weighted by Gasteiger charge is 2.45. The van der Waals surface area contributed by atoms with Crippen molar-refractivity contribution in [2.75, 3.05) is 38.0 Å². The summed E-state index contributed by atoms with van der Waals surface area (Å²) in [7, 11) is 0. The van der Waals surface area contributed by atoms with Crippen LogP contribution in [0.5, 0.6) is 0 Å². The first-order chi connectivity index (χ1) is 19.8. The predicted molar refractivity (Wildman–Crippen MR) is 153 cm³/mol. The van der Waals surface area contributed by atoms with Crippen molar-refractivity contribution >= 4 is 46.8 Å². The number of amides is 5. The Kier molecular flexibility index (Phi) is 9.12. The highest BCUT2D eigenvalue weighted by Crippen LogP contribution is 2.32. The standard InChI is InChI=1S/C30H34ClN5O5/c31-21-10-8-20(9-11-21)19-35-17-15-34(16-18-35)14-3-1-2-7-25(37)32-23-6-4-5-22-27(23)30(41)36(29(22)40)24-12-13-26(38)33-28(24)39/h4-6,8-11,24H,1-3,7,12-19H2,(H,32,37)(H,33,38,39). The first-order valence-electron chi connectivity index (χ1n) is 14.1. The van der Waals surface area contributed by atoms with Crippen molar-refractivity contribution in [3.63, 3.8) is 0 Å². The van der Waals surface area contributed by atoms with E-state index in [0.717, 1.165) is 62.0 Å². The summed E-state index contributed by atoms with van der Waals surface area (Å²) in [5.41, 5.74) is 1.76. The minimum absolute atomic E-state index is 0.0495. The zero-order chi connectivity index (χ0) is 28.9. The van der Waals surface area contributed by atoms with E-state index in [-0.39, 0.29) is 35.6 Å². The maximum absolute atomic E-state index is 13.2. The number of rotatable bonds is 10. The molecule has 3 heterocycles. The largest absolute Gasteiger partial charge is 0.325 e. The number of hydrogen-bond acceptors (Lipinski definition) is 7. The molecule has 0 aromatic heterocycles. The third-order valence-electron chi connectivity index (χ3n) is 7.90. The topological polar surface area (TPSA) is 119 Å². The van der Waals surface area contributed by atoms with E-state index in [2.05, 4.69) is 32.6 Å². The van der Waals surface area contributed by atoms with Gasteiger partial charge in [0.2, 0.25) is 17.7 Å². The maximum Gasteiger partial charge on any atom is 0.264 e. The van der Waals surface area contributed by atoms with Gasteiger partial charge in [-0.1, -0.05) is 36.2 Å². The van der Waals surface area contributed by atoms with Crippen LogP contribution >= 0.6 is 11.6 Å². The maximum atomic E-state index is 13.2. The highest BCUT2D eigenvalue weighted by molar-refractivity contribution is 6.30. The van der Waals surface area contributed by atoms with Gasteiger partial charge < -0.3 is 10.2 Å². The summed E-state index contributed by atoms with van der Waals surface area (Å²) >= 11 is 5.98. The Labute approximate surface area is 244 Å². The van der Waals surface area contributed by atoms with E-state index in [9.17, 15) is 24.0 Å². The number of anilines is 1. The molecule has 2 N–H and O–H groups in total. The van der Waals surface area contributed by atoms with Gasteiger partial charge >= 0.3 is 0 Å². The average molecular weight is 580 g/mol. The zero-order valence-corrected chi connectivity index (χ0v) is 23.6. The Balaban J connectivity index is 1.04. The molecule has 2 fully saturated rings. The fourth-order valence-electron chi connectivity index (χ4n) is 5.65. The molecule has 0 aliphatic carbocycles. The van der Waals surface area contributed by atoms with Gasteiger partial charge in [-0.05, 0) is 55.6 Å². The predicted octanol–water partition coefficient (Wildman–Crippen LogP) is 3.06. The minimum atomic E-state index is -1.05. The normalized spacial score (nSPS) is 19.8. The Morgan fingerprint density at radius 2 is 1.63 bits per heavy atom. The molecule has 0 bridgehead atoms. The lowest BCUT2D eigenvalue weighted by atomic mass is 10.0. The number of imide groups is 2. The number of unbranched alkanes of at least 4 members (excludes halogenated alkanes) is 2. The van der Waals surface area contributed by atoms with Crippen LogP contribution in [0.25, 0.3) is 0 Å². The van der Waals surface area contributed by atoms with Gasteiger partial charge in [-0.3, -0.25) is 39.1 Å². The molecule has 216 valence electrons. The summed E-state index contributed by atoms with van der Waals surface area (Å²) in [6, 6.07) is 11.7. The number of piperidine rings is 1. The molecule has 2 aromatic carbocycles. The second-order valence-electron chi connectivity index (χ2n) is 10.8. The van der Waals surface area contributed by atoms with E-state index in [1.807, 2.05) is 12.1 Å². The van der Waals surface area contributed by atoms with Crippen LogP contribution in [0.1, 0.15) is 64.8 Å². The molecule has 1 atom stereocenters. The SMILES string of the molecule is O=C1CCC(N2C(=O)c3cccc(NC(=O)CCCCCN4CCN(Cc5ccc(Cl)cc5)CC4)c3C2=O)C(=O)N1. The number of carbonyl (C=O) groups is 5. The van der Waals surface area contributed by atoms with Crippen molar-refractivity contribution in [1.29, 1.82) is 0 Å². The van der Waals surface area contributed by atoms with Crippen LogP contribution < -0.4 is 10.6 Å². The van der Waals surface area contributed by atoms with Crippen molar-refractivity contribution in [2.45, 2.75) is 51.1 Å². The smallest absolute Gasteiger partial charge is 0.264 e. The molecule has 0 saturated carbocycles. The Morgan fingerprint density at radius 1 is 0.902 bits per heavy atom. The molecule has 0 spiro atoms. The van der Waals surface area contributed by atoms with Gasteiger partial charge in [-0.2, -0.15) is 0 Å². The van der Waals surface area contributed by atoms with Gasteiger partial charge in [0.25, 0.3) is 11.8 Å². The van der Waals surface area contributed by atoms with Gasteiger partial charge in [-0.15, -0.1) is 0 Å². The lowest BCUT2D eigenvalue weighted by Crippen LogP contribution is -2.54. The molecule has 2 saturated heterocycles. The molecule has 11 heteroatoms. The number of piperazine rings is 1. The van der Waals surface area contributed by atoms with Crippen molar-refractivity contribution in [3.8, 4) is 0 Å². The summed E-state index contributed by atoms with van der Waals surface area (Å²) in [5.74, 6) is -2.55. The molecule has 3 aliphatic heterocycles. The Bertz CT molecular complexity index is 1340. The van der Waals surface area contributed by atoms with E-state index < -0.39 is 29.7 Å². The van der Waals surface area contributed by atoms with Crippen LogP contribution in [0.15, 0.2) is 42.5 Å². The van der Waals surface area contributed by atoms with Crippen LogP contribution in [-0.4, -0.2) is 83.0 Å². The fraction of sp³-hybridized carbons (Fsp3) is 0.433. The van der Waals surface area contributed by atoms with Gasteiger partial charge in [-0.25, -0.2) is 0 Å². The molecule has 0 radical (unpaired) electrons. The molecule has 1 unspecified atom stereocenters. The summed E-state index contributed by atoms with van der Waals surface area (Å²) < 4.78 is 0. The number of halogens is 1. The van der Waals surface area contributed by atoms with E-state index in [0.29, 0.717) is 12.8 Å². The van der Waals surface area contributed by atoms with Crippen molar-refractivity contribution < 1.29 is 24.0 Å². The van der Waals surface area contributed by atoms with Gasteiger partial charge in [0.05, 0.1) is 16.8 Å². The second-order valence-corrected chi connectivity index (χ2v) is 11.2. The van der Waals surface area contributed by atoms with E-state index in [4.69, 9.17) is 11.6 Å². The van der Waals surface area contributed by atoms with Gasteiger partial charge in [0.1, 0.15) is 6.04 Å². The molecule has 5 rings (SSSR count). The van der Waals surface area contributed by atoms with Crippen molar-refractivity contribution in [2.24, 2.45) is 0 Å². The summed E-state index contributed by atoms with van der Waals surface area (Å²) in [6.45, 7) is 6.02. The number of fused-ring (bicyclic) bond motifs is 1. The second kappa shape index (κ2) is 12.9. The number of hydrogen-bond donors (Lipinski definition) is 2. The quantitative estimate of drug-likeness (QED) is 0.328. The van der Waals surface area contributed by atoms with E-state index in [1.54, 1.807) is 12.1 Å². The van der Waals surface area contributed by atoms with Crippen LogP contribution in [0.4, 0.5) is 5.69 Å². The van der Waals surface area contributed by atoms with Gasteiger partial charge in [0, 0.05) is 50.6 Å². The van der Waals surface area contributed by atoms with Crippen molar-refractivity contribution in [1.82, 2.24) is 20.0 Å². The minimum Gasteiger partial charge on any atom is -0.325 e. The Hall–Kier alpha value is -3.60. The molecule has 5 amide bonds. The summed E-state index contributed by atoms with van der Waals surface area (Å²) in [6.07, 6.45) is 3.06. The number of benzene rings is 2. The van der Waals surface area contributed by atoms with Crippen LogP contribution in [0.3, 0.4) is 0 Å². The third kappa shape index (κ3) is 6.83. The van der Waals surface area contributed by atoms with Crippen LogP contribution in [-0.2, 0) is 20.9 Å². The third-order valence-corrected chi connectivity index (χ3v) is 8.16. The van der Waals surface area contributed by atoms with E-state index >= 15 is 0 Å². The van der Waals surface area contributed by atoms with E-state index in [1.165, 1.54) is 11.6 Å². The number of nitrogens with one attached hydrogen (secondary N) is 2. The lowest BCUT2D eigenvalue weighted by Gasteiger charge is -2.34. The molecule has 2 aromatic rings. The summed E-state index contributed by atoms with van der Waals surface area (Å²) in [4.78, 5) is 68.5. The monoisotopic (exact) mass is 579 g/mol. The lowest BCUT2D eigenvalue weighted by molar-refractivity contribution is -0.136.